The molecule has 0 saturated heterocycles. The summed E-state index contributed by atoms with van der Waals surface area (Å²) in [6, 6.07) is 11.3. The molecule has 0 bridgehead atoms. The highest BCUT2D eigenvalue weighted by Crippen LogP contribution is 2.26. The molecule has 0 saturated carbocycles. The summed E-state index contributed by atoms with van der Waals surface area (Å²) in [7, 11) is 0. The van der Waals surface area contributed by atoms with E-state index in [1.807, 2.05) is 0 Å². The summed E-state index contributed by atoms with van der Waals surface area (Å²) in [6.07, 6.45) is -0.0196. The van der Waals surface area contributed by atoms with Crippen LogP contribution in [0.4, 0.5) is 0 Å². The van der Waals surface area contributed by atoms with Gasteiger partial charge in [0.05, 0.1) is 6.42 Å². The lowest BCUT2D eigenvalue weighted by atomic mass is 10.1. The molecule has 0 N–H and O–H groups in total. The zero-order valence-corrected chi connectivity index (χ0v) is 15.3. The fourth-order valence-corrected chi connectivity index (χ4v) is 2.54. The largest absolute Gasteiger partial charge is 0.426 e. The van der Waals surface area contributed by atoms with Crippen LogP contribution >= 0.6 is 12.6 Å². The summed E-state index contributed by atoms with van der Waals surface area (Å²) in [4.78, 5) is 37.8. The van der Waals surface area contributed by atoms with E-state index in [1.54, 1.807) is 30.3 Å². The molecule has 0 amide bonds. The van der Waals surface area contributed by atoms with Gasteiger partial charge in [0, 0.05) is 18.2 Å². The molecule has 0 aliphatic rings. The molecule has 0 aliphatic carbocycles. The molecule has 0 spiro atoms. The summed E-state index contributed by atoms with van der Waals surface area (Å²) in [5.41, 5.74) is 1.81. The van der Waals surface area contributed by atoms with E-state index >= 15 is 0 Å². The number of hydrogen-bond acceptors (Lipinski definition) is 8. The topological polar surface area (TPSA) is 105 Å². The summed E-state index contributed by atoms with van der Waals surface area (Å²) < 4.78 is 10.4. The van der Waals surface area contributed by atoms with Crippen molar-refractivity contribution in [1.82, 2.24) is 0 Å². The highest BCUT2D eigenvalue weighted by molar-refractivity contribution is 7.79. The smallest absolute Gasteiger partial charge is 0.315 e. The highest BCUT2D eigenvalue weighted by atomic mass is 32.1. The van der Waals surface area contributed by atoms with Crippen LogP contribution in [-0.2, 0) is 33.2 Å². The number of carbonyl (C=O) groups excluding carboxylic acids is 2. The van der Waals surface area contributed by atoms with E-state index in [-0.39, 0.29) is 13.0 Å². The van der Waals surface area contributed by atoms with Gasteiger partial charge in [-0.1, -0.05) is 24.3 Å². The average molecular weight is 391 g/mol. The first-order valence-electron chi connectivity index (χ1n) is 7.85. The first-order valence-corrected chi connectivity index (χ1v) is 8.48. The molecule has 2 rings (SSSR count). The van der Waals surface area contributed by atoms with Gasteiger partial charge in [0.15, 0.2) is 0 Å². The van der Waals surface area contributed by atoms with Gasteiger partial charge in [0.1, 0.15) is 18.1 Å². The third-order valence-electron chi connectivity index (χ3n) is 3.36. The van der Waals surface area contributed by atoms with Crippen LogP contribution < -0.4 is 9.47 Å². The van der Waals surface area contributed by atoms with Crippen molar-refractivity contribution < 1.29 is 29.0 Å². The van der Waals surface area contributed by atoms with Crippen molar-refractivity contribution in [3.63, 3.8) is 0 Å². The van der Waals surface area contributed by atoms with E-state index in [2.05, 4.69) is 17.5 Å². The lowest BCUT2D eigenvalue weighted by Crippen LogP contribution is -2.12. The molecule has 0 fully saturated rings. The molecule has 27 heavy (non-hydrogen) atoms. The Hall–Kier alpha value is -3.07. The van der Waals surface area contributed by atoms with E-state index < -0.39 is 17.0 Å². The van der Waals surface area contributed by atoms with Gasteiger partial charge in [-0.15, -0.1) is 10.1 Å². The Morgan fingerprint density at radius 3 is 2.52 bits per heavy atom. The molecule has 2 aromatic rings. The molecular formula is C18H17NO7S. The number of carbonyl (C=O) groups is 2. The van der Waals surface area contributed by atoms with Gasteiger partial charge >= 0.3 is 11.9 Å². The van der Waals surface area contributed by atoms with Gasteiger partial charge in [-0.3, -0.25) is 9.59 Å². The minimum atomic E-state index is -0.876. The fourth-order valence-electron chi connectivity index (χ4n) is 2.29. The first kappa shape index (κ1) is 20.2. The van der Waals surface area contributed by atoms with Crippen LogP contribution in [0.15, 0.2) is 42.5 Å². The molecule has 0 aliphatic heterocycles. The maximum absolute atomic E-state index is 12.2. The molecule has 142 valence electrons. The third-order valence-corrected chi connectivity index (χ3v) is 3.70. The standard InChI is InChI=1S/C18H17NO7S/c1-12(20)25-17-6-5-16(9-15(17)11-27)26-18(21)8-13-3-2-4-14(7-13)10-24-19(22)23/h2-7,9,27H,8,10-11H2,1H3. The molecule has 0 unspecified atom stereocenters. The lowest BCUT2D eigenvalue weighted by Gasteiger charge is -2.10. The van der Waals surface area contributed by atoms with Crippen molar-refractivity contribution in [2.75, 3.05) is 0 Å². The summed E-state index contributed by atoms with van der Waals surface area (Å²) >= 11 is 4.17. The normalized spacial score (nSPS) is 10.1. The zero-order chi connectivity index (χ0) is 19.8. The molecule has 2 aromatic carbocycles. The molecular weight excluding hydrogens is 374 g/mol. The van der Waals surface area contributed by atoms with Gasteiger partial charge in [0.25, 0.3) is 5.09 Å². The van der Waals surface area contributed by atoms with Crippen LogP contribution in [0.1, 0.15) is 23.6 Å². The Labute approximate surface area is 160 Å². The quantitative estimate of drug-likeness (QED) is 0.242. The number of nitrogens with zero attached hydrogens (tertiary/aromatic N) is 1. The number of benzene rings is 2. The van der Waals surface area contributed by atoms with E-state index in [1.165, 1.54) is 19.1 Å². The monoisotopic (exact) mass is 391 g/mol. The summed E-state index contributed by atoms with van der Waals surface area (Å²) in [5.74, 6) is -0.00745. The van der Waals surface area contributed by atoms with E-state index in [4.69, 9.17) is 9.47 Å². The SMILES string of the molecule is CC(=O)Oc1ccc(OC(=O)Cc2cccc(CO[N+](=O)[O-])c2)cc1CS. The van der Waals surface area contributed by atoms with Crippen LogP contribution in [0.2, 0.25) is 0 Å². The fraction of sp³-hybridized carbons (Fsp3) is 0.222. The van der Waals surface area contributed by atoms with Gasteiger partial charge < -0.3 is 14.3 Å². The van der Waals surface area contributed by atoms with Crippen molar-refractivity contribution in [1.29, 1.82) is 0 Å². The molecule has 9 heteroatoms. The second kappa shape index (κ2) is 9.58. The number of ether oxygens (including phenoxy) is 2. The van der Waals surface area contributed by atoms with Gasteiger partial charge in [-0.05, 0) is 29.3 Å². The Kier molecular flexibility index (Phi) is 7.18. The average Bonchev–Trinajstić information content (AvgIpc) is 2.61. The Morgan fingerprint density at radius 1 is 1.11 bits per heavy atom. The van der Waals surface area contributed by atoms with Crippen LogP contribution in [0.5, 0.6) is 11.5 Å². The van der Waals surface area contributed by atoms with E-state index in [9.17, 15) is 19.7 Å². The van der Waals surface area contributed by atoms with Crippen molar-refractivity contribution in [2.45, 2.75) is 25.7 Å². The van der Waals surface area contributed by atoms with Crippen LogP contribution in [0, 0.1) is 10.1 Å². The predicted octanol–water partition coefficient (Wildman–Crippen LogP) is 2.90. The van der Waals surface area contributed by atoms with E-state index in [0.29, 0.717) is 33.9 Å². The zero-order valence-electron chi connectivity index (χ0n) is 14.4. The van der Waals surface area contributed by atoms with E-state index in [0.717, 1.165) is 0 Å². The molecule has 0 atom stereocenters. The van der Waals surface area contributed by atoms with Crippen LogP contribution in [-0.4, -0.2) is 17.0 Å². The molecule has 0 heterocycles. The van der Waals surface area contributed by atoms with Crippen molar-refractivity contribution in [3.05, 3.63) is 69.3 Å². The Bertz CT molecular complexity index is 853. The maximum Gasteiger partial charge on any atom is 0.315 e. The lowest BCUT2D eigenvalue weighted by molar-refractivity contribution is -0.763. The number of rotatable bonds is 8. The Balaban J connectivity index is 2.02. The minimum absolute atomic E-state index is 0.0196. The predicted molar refractivity (Wildman–Crippen MR) is 98.0 cm³/mol. The summed E-state index contributed by atoms with van der Waals surface area (Å²) in [5, 5.41) is 9.37. The second-order valence-corrected chi connectivity index (χ2v) is 5.81. The molecule has 8 nitrogen and oxygen atoms in total. The first-order chi connectivity index (χ1) is 12.9. The van der Waals surface area contributed by atoms with Crippen molar-refractivity contribution >= 4 is 24.6 Å². The van der Waals surface area contributed by atoms with Crippen LogP contribution in [0.3, 0.4) is 0 Å². The number of esters is 2. The van der Waals surface area contributed by atoms with Crippen molar-refractivity contribution in [3.8, 4) is 11.5 Å². The highest BCUT2D eigenvalue weighted by Gasteiger charge is 2.11. The number of hydrogen-bond donors (Lipinski definition) is 1. The Morgan fingerprint density at radius 2 is 1.85 bits per heavy atom. The van der Waals surface area contributed by atoms with Crippen molar-refractivity contribution in [2.24, 2.45) is 0 Å². The second-order valence-electron chi connectivity index (χ2n) is 5.49. The summed E-state index contributed by atoms with van der Waals surface area (Å²) in [6.45, 7) is 1.10. The minimum Gasteiger partial charge on any atom is -0.426 e. The third kappa shape index (κ3) is 6.63. The molecule has 0 radical (unpaired) electrons. The van der Waals surface area contributed by atoms with Gasteiger partial charge in [-0.25, -0.2) is 0 Å². The van der Waals surface area contributed by atoms with Gasteiger partial charge in [-0.2, -0.15) is 12.6 Å². The number of thiol groups is 1. The maximum atomic E-state index is 12.2. The molecule has 0 aromatic heterocycles. The van der Waals surface area contributed by atoms with Gasteiger partial charge in [0.2, 0.25) is 0 Å². The van der Waals surface area contributed by atoms with Crippen LogP contribution in [0.25, 0.3) is 0 Å².